The number of ether oxygens (including phenoxy) is 1. The molecular formula is C23H20Cl2N4O2. The highest BCUT2D eigenvalue weighted by molar-refractivity contribution is 6.31. The summed E-state index contributed by atoms with van der Waals surface area (Å²) in [5, 5.41) is 3.68. The molecule has 0 amide bonds. The topological polar surface area (TPSA) is 72.3 Å². The molecule has 1 fully saturated rings. The molecular weight excluding hydrogens is 435 g/mol. The summed E-state index contributed by atoms with van der Waals surface area (Å²) in [5.74, 6) is 1.90. The first kappa shape index (κ1) is 20.1. The van der Waals surface area contributed by atoms with Crippen LogP contribution in [0.4, 0.5) is 0 Å². The SMILES string of the molecule is Cc1ccc(-c2nc3nc(COc4cccc(Cl)c4C4CCC4)c(Cl)c(=O)n3[nH]2)cc1. The zero-order valence-corrected chi connectivity index (χ0v) is 18.4. The van der Waals surface area contributed by atoms with Gasteiger partial charge in [-0.3, -0.25) is 9.89 Å². The minimum Gasteiger partial charge on any atom is -0.487 e. The van der Waals surface area contributed by atoms with Crippen molar-refractivity contribution in [1.82, 2.24) is 19.6 Å². The molecule has 0 atom stereocenters. The number of nitrogens with one attached hydrogen (secondary N) is 1. The van der Waals surface area contributed by atoms with Crippen LogP contribution in [0.15, 0.2) is 47.3 Å². The van der Waals surface area contributed by atoms with Gasteiger partial charge < -0.3 is 4.74 Å². The second-order valence-corrected chi connectivity index (χ2v) is 8.60. The standard InChI is InChI=1S/C23H20Cl2N4O2/c1-13-8-10-15(11-9-13)21-27-23-26-17(20(25)22(30)29(23)28-21)12-31-18-7-3-6-16(24)19(18)14-4-2-5-14/h3,6-11,14H,2,4-5,12H2,1H3,(H,26,27,28). The lowest BCUT2D eigenvalue weighted by molar-refractivity contribution is 0.289. The molecule has 5 rings (SSSR count). The predicted octanol–water partition coefficient (Wildman–Crippen LogP) is 5.55. The van der Waals surface area contributed by atoms with Crippen molar-refractivity contribution in [1.29, 1.82) is 0 Å². The quantitative estimate of drug-likeness (QED) is 0.429. The third-order valence-corrected chi connectivity index (χ3v) is 6.43. The fraction of sp³-hybridized carbons (Fsp3) is 0.261. The number of rotatable bonds is 5. The summed E-state index contributed by atoms with van der Waals surface area (Å²) in [4.78, 5) is 21.7. The zero-order chi connectivity index (χ0) is 21.5. The normalized spacial score (nSPS) is 14.0. The second-order valence-electron chi connectivity index (χ2n) is 7.82. The van der Waals surface area contributed by atoms with E-state index in [4.69, 9.17) is 27.9 Å². The number of aromatic nitrogens is 4. The highest BCUT2D eigenvalue weighted by Gasteiger charge is 2.25. The third-order valence-electron chi connectivity index (χ3n) is 5.72. The van der Waals surface area contributed by atoms with E-state index >= 15 is 0 Å². The lowest BCUT2D eigenvalue weighted by Gasteiger charge is -2.28. The Morgan fingerprint density at radius 3 is 2.61 bits per heavy atom. The summed E-state index contributed by atoms with van der Waals surface area (Å²) >= 11 is 12.8. The van der Waals surface area contributed by atoms with Gasteiger partial charge in [0.15, 0.2) is 5.82 Å². The van der Waals surface area contributed by atoms with E-state index in [9.17, 15) is 4.79 Å². The maximum atomic E-state index is 12.8. The van der Waals surface area contributed by atoms with Crippen LogP contribution in [0.5, 0.6) is 5.75 Å². The fourth-order valence-corrected chi connectivity index (χ4v) is 4.26. The number of fused-ring (bicyclic) bond motifs is 1. The number of aromatic amines is 1. The lowest BCUT2D eigenvalue weighted by Crippen LogP contribution is -2.19. The van der Waals surface area contributed by atoms with Gasteiger partial charge in [-0.1, -0.05) is 65.5 Å². The molecule has 2 aromatic carbocycles. The number of hydrogen-bond acceptors (Lipinski definition) is 4. The highest BCUT2D eigenvalue weighted by Crippen LogP contribution is 2.44. The van der Waals surface area contributed by atoms with Crippen molar-refractivity contribution < 1.29 is 4.74 Å². The summed E-state index contributed by atoms with van der Waals surface area (Å²) in [6.45, 7) is 2.06. The average molecular weight is 455 g/mol. The molecule has 2 aromatic heterocycles. The van der Waals surface area contributed by atoms with Crippen molar-refractivity contribution in [2.45, 2.75) is 38.7 Å². The van der Waals surface area contributed by atoms with Crippen molar-refractivity contribution >= 4 is 29.0 Å². The Morgan fingerprint density at radius 1 is 1.13 bits per heavy atom. The molecule has 0 spiro atoms. The summed E-state index contributed by atoms with van der Waals surface area (Å²) < 4.78 is 7.28. The number of nitrogens with zero attached hydrogens (tertiary/aromatic N) is 3. The molecule has 31 heavy (non-hydrogen) atoms. The van der Waals surface area contributed by atoms with E-state index in [0.29, 0.717) is 28.2 Å². The van der Waals surface area contributed by atoms with Crippen LogP contribution in [-0.2, 0) is 6.61 Å². The molecule has 2 heterocycles. The first-order valence-electron chi connectivity index (χ1n) is 10.2. The molecule has 1 aliphatic carbocycles. The van der Waals surface area contributed by atoms with Crippen LogP contribution in [0.3, 0.4) is 0 Å². The van der Waals surface area contributed by atoms with Crippen LogP contribution in [0.1, 0.15) is 42.0 Å². The monoisotopic (exact) mass is 454 g/mol. The maximum Gasteiger partial charge on any atom is 0.293 e. The van der Waals surface area contributed by atoms with Gasteiger partial charge in [0, 0.05) is 16.1 Å². The Kier molecular flexibility index (Phi) is 5.20. The first-order valence-corrected chi connectivity index (χ1v) is 10.9. The molecule has 8 heteroatoms. The predicted molar refractivity (Wildman–Crippen MR) is 121 cm³/mol. The van der Waals surface area contributed by atoms with Crippen molar-refractivity contribution in [3.63, 3.8) is 0 Å². The van der Waals surface area contributed by atoms with E-state index in [2.05, 4.69) is 15.1 Å². The maximum absolute atomic E-state index is 12.8. The molecule has 1 saturated carbocycles. The van der Waals surface area contributed by atoms with Crippen LogP contribution in [0, 0.1) is 6.92 Å². The Hall–Kier alpha value is -2.83. The molecule has 0 bridgehead atoms. The van der Waals surface area contributed by atoms with Gasteiger partial charge in [0.05, 0.1) is 0 Å². The molecule has 4 aromatic rings. The van der Waals surface area contributed by atoms with E-state index in [1.54, 1.807) is 0 Å². The van der Waals surface area contributed by atoms with E-state index in [1.807, 2.05) is 49.4 Å². The van der Waals surface area contributed by atoms with E-state index in [-0.39, 0.29) is 17.4 Å². The van der Waals surface area contributed by atoms with Crippen molar-refractivity contribution in [3.8, 4) is 17.1 Å². The van der Waals surface area contributed by atoms with Gasteiger partial charge in [0.2, 0.25) is 0 Å². The number of halogens is 2. The minimum atomic E-state index is -0.415. The molecule has 1 aliphatic rings. The van der Waals surface area contributed by atoms with Crippen LogP contribution in [-0.4, -0.2) is 19.6 Å². The first-order chi connectivity index (χ1) is 15.0. The molecule has 0 radical (unpaired) electrons. The number of benzene rings is 2. The van der Waals surface area contributed by atoms with Crippen molar-refractivity contribution in [3.05, 3.63) is 79.7 Å². The number of aryl methyl sites for hydroxylation is 1. The number of hydrogen-bond donors (Lipinski definition) is 1. The Balaban J connectivity index is 1.47. The van der Waals surface area contributed by atoms with Crippen LogP contribution in [0.25, 0.3) is 17.2 Å². The Labute approximate surface area is 188 Å². The van der Waals surface area contributed by atoms with Crippen molar-refractivity contribution in [2.24, 2.45) is 0 Å². The fourth-order valence-electron chi connectivity index (χ4n) is 3.76. The van der Waals surface area contributed by atoms with Gasteiger partial charge in [-0.15, -0.1) is 0 Å². The van der Waals surface area contributed by atoms with Gasteiger partial charge in [0.1, 0.15) is 23.1 Å². The van der Waals surface area contributed by atoms with Gasteiger partial charge >= 0.3 is 0 Å². The summed E-state index contributed by atoms with van der Waals surface area (Å²) in [5.41, 5.74) is 2.94. The van der Waals surface area contributed by atoms with Crippen LogP contribution < -0.4 is 10.3 Å². The molecule has 0 saturated heterocycles. The van der Waals surface area contributed by atoms with Gasteiger partial charge in [0.25, 0.3) is 11.3 Å². The summed E-state index contributed by atoms with van der Waals surface area (Å²) in [7, 11) is 0. The molecule has 1 N–H and O–H groups in total. The zero-order valence-electron chi connectivity index (χ0n) is 16.9. The summed E-state index contributed by atoms with van der Waals surface area (Å²) in [6.07, 6.45) is 3.39. The minimum absolute atomic E-state index is 0.00354. The van der Waals surface area contributed by atoms with Gasteiger partial charge in [-0.05, 0) is 37.8 Å². The number of H-pyrrole nitrogens is 1. The smallest absolute Gasteiger partial charge is 0.293 e. The second kappa shape index (κ2) is 8.02. The van der Waals surface area contributed by atoms with E-state index in [1.165, 1.54) is 10.9 Å². The largest absolute Gasteiger partial charge is 0.487 e. The van der Waals surface area contributed by atoms with Crippen molar-refractivity contribution in [2.75, 3.05) is 0 Å². The van der Waals surface area contributed by atoms with E-state index < -0.39 is 5.56 Å². The average Bonchev–Trinajstić information content (AvgIpc) is 3.15. The molecule has 0 aliphatic heterocycles. The van der Waals surface area contributed by atoms with Crippen LogP contribution >= 0.6 is 23.2 Å². The Morgan fingerprint density at radius 2 is 1.90 bits per heavy atom. The van der Waals surface area contributed by atoms with Gasteiger partial charge in [-0.2, -0.15) is 9.50 Å². The Bertz CT molecular complexity index is 1320. The van der Waals surface area contributed by atoms with Gasteiger partial charge in [-0.25, -0.2) is 4.98 Å². The molecule has 158 valence electrons. The third kappa shape index (κ3) is 3.70. The molecule has 6 nitrogen and oxygen atoms in total. The van der Waals surface area contributed by atoms with E-state index in [0.717, 1.165) is 29.5 Å². The highest BCUT2D eigenvalue weighted by atomic mass is 35.5. The molecule has 0 unspecified atom stereocenters. The lowest BCUT2D eigenvalue weighted by atomic mass is 9.79. The van der Waals surface area contributed by atoms with Crippen LogP contribution in [0.2, 0.25) is 10.0 Å². The summed E-state index contributed by atoms with van der Waals surface area (Å²) in [6, 6.07) is 13.5.